The van der Waals surface area contributed by atoms with Gasteiger partial charge in [-0.3, -0.25) is 9.69 Å². The molecular formula is C26H33ClN2O2. The Balaban J connectivity index is 1.24. The quantitative estimate of drug-likeness (QED) is 0.571. The molecular weight excluding hydrogens is 408 g/mol. The van der Waals surface area contributed by atoms with Crippen molar-refractivity contribution in [3.8, 4) is 5.75 Å². The minimum absolute atomic E-state index is 0.0906. The molecule has 1 heterocycles. The van der Waals surface area contributed by atoms with E-state index in [9.17, 15) is 4.79 Å². The van der Waals surface area contributed by atoms with Crippen molar-refractivity contribution in [3.05, 3.63) is 63.7 Å². The van der Waals surface area contributed by atoms with Crippen molar-refractivity contribution in [2.75, 3.05) is 26.7 Å². The van der Waals surface area contributed by atoms with Crippen LogP contribution in [0.4, 0.5) is 0 Å². The summed E-state index contributed by atoms with van der Waals surface area (Å²) in [6, 6.07) is 12.0. The van der Waals surface area contributed by atoms with Crippen LogP contribution < -0.4 is 4.74 Å². The van der Waals surface area contributed by atoms with Gasteiger partial charge in [-0.25, -0.2) is 0 Å². The molecule has 4 rings (SSSR count). The Morgan fingerprint density at radius 3 is 2.52 bits per heavy atom. The standard InChI is InChI=1S/C26H33ClN2O2/c1-18-6-7-21(12-19(18)2)26(30)28(3)16-20-13-24(14-20)31-23-9-8-22(25(27)15-23)17-29-10-4-5-11-29/h6-9,12,15,20,24H,4-5,10-11,13-14,16-17H2,1-3H3. The summed E-state index contributed by atoms with van der Waals surface area (Å²) in [5.74, 6) is 1.42. The predicted molar refractivity (Wildman–Crippen MR) is 126 cm³/mol. The number of hydrogen-bond donors (Lipinski definition) is 0. The third kappa shape index (κ3) is 5.42. The van der Waals surface area contributed by atoms with Crippen LogP contribution >= 0.6 is 11.6 Å². The zero-order chi connectivity index (χ0) is 22.0. The van der Waals surface area contributed by atoms with E-state index in [1.165, 1.54) is 37.1 Å². The van der Waals surface area contributed by atoms with Gasteiger partial charge in [0.05, 0.1) is 6.10 Å². The zero-order valence-electron chi connectivity index (χ0n) is 18.9. The van der Waals surface area contributed by atoms with Crippen molar-refractivity contribution in [3.63, 3.8) is 0 Å². The minimum Gasteiger partial charge on any atom is -0.490 e. The van der Waals surface area contributed by atoms with Crippen molar-refractivity contribution in [2.24, 2.45) is 5.92 Å². The van der Waals surface area contributed by atoms with Crippen LogP contribution in [0.3, 0.4) is 0 Å². The minimum atomic E-state index is 0.0906. The predicted octanol–water partition coefficient (Wildman–Crippen LogP) is 5.48. The Bertz CT molecular complexity index is 933. The summed E-state index contributed by atoms with van der Waals surface area (Å²) >= 11 is 6.51. The lowest BCUT2D eigenvalue weighted by atomic mass is 9.82. The number of hydrogen-bond acceptors (Lipinski definition) is 3. The van der Waals surface area contributed by atoms with E-state index in [0.29, 0.717) is 5.92 Å². The van der Waals surface area contributed by atoms with Crippen LogP contribution in [0.15, 0.2) is 36.4 Å². The highest BCUT2D eigenvalue weighted by Crippen LogP contribution is 2.34. The molecule has 1 aliphatic heterocycles. The molecule has 31 heavy (non-hydrogen) atoms. The Labute approximate surface area is 191 Å². The molecule has 1 aliphatic carbocycles. The van der Waals surface area contributed by atoms with E-state index < -0.39 is 0 Å². The van der Waals surface area contributed by atoms with Gasteiger partial charge >= 0.3 is 0 Å². The Hall–Kier alpha value is -2.04. The van der Waals surface area contributed by atoms with Crippen LogP contribution in [0.2, 0.25) is 5.02 Å². The third-order valence-electron chi connectivity index (χ3n) is 6.74. The molecule has 2 aromatic rings. The number of benzene rings is 2. The monoisotopic (exact) mass is 440 g/mol. The number of nitrogens with zero attached hydrogens (tertiary/aromatic N) is 2. The lowest BCUT2D eigenvalue weighted by Gasteiger charge is -2.37. The molecule has 1 amide bonds. The summed E-state index contributed by atoms with van der Waals surface area (Å²) in [6.07, 6.45) is 4.71. The third-order valence-corrected chi connectivity index (χ3v) is 7.10. The van der Waals surface area contributed by atoms with E-state index in [0.717, 1.165) is 47.8 Å². The summed E-state index contributed by atoms with van der Waals surface area (Å²) in [5.41, 5.74) is 4.30. The fraction of sp³-hybridized carbons (Fsp3) is 0.500. The Morgan fingerprint density at radius 2 is 1.84 bits per heavy atom. The van der Waals surface area contributed by atoms with Gasteiger partial charge in [0.25, 0.3) is 5.91 Å². The van der Waals surface area contributed by atoms with Gasteiger partial charge in [-0.05, 0) is 99.5 Å². The second kappa shape index (κ2) is 9.62. The number of ether oxygens (including phenoxy) is 1. The van der Waals surface area contributed by atoms with Crippen LogP contribution in [0.1, 0.15) is 52.7 Å². The van der Waals surface area contributed by atoms with Crippen molar-refractivity contribution >= 4 is 17.5 Å². The largest absolute Gasteiger partial charge is 0.490 e. The molecule has 0 N–H and O–H groups in total. The van der Waals surface area contributed by atoms with Crippen LogP contribution in [0, 0.1) is 19.8 Å². The van der Waals surface area contributed by atoms with E-state index in [2.05, 4.69) is 17.9 Å². The number of likely N-dealkylation sites (tertiary alicyclic amines) is 1. The molecule has 2 aromatic carbocycles. The van der Waals surface area contributed by atoms with Gasteiger partial charge in [-0.1, -0.05) is 23.7 Å². The van der Waals surface area contributed by atoms with Gasteiger partial charge in [-0.15, -0.1) is 0 Å². The average molecular weight is 441 g/mol. The first-order valence-electron chi connectivity index (χ1n) is 11.4. The van der Waals surface area contributed by atoms with Gasteiger partial charge in [0.2, 0.25) is 0 Å². The lowest BCUT2D eigenvalue weighted by molar-refractivity contribution is 0.0419. The molecule has 0 atom stereocenters. The molecule has 0 unspecified atom stereocenters. The topological polar surface area (TPSA) is 32.8 Å². The number of aryl methyl sites for hydroxylation is 2. The SMILES string of the molecule is Cc1ccc(C(=O)N(C)CC2CC(Oc3ccc(CN4CCCC4)c(Cl)c3)C2)cc1C. The van der Waals surface area contributed by atoms with Gasteiger partial charge in [0, 0.05) is 30.7 Å². The number of rotatable bonds is 7. The van der Waals surface area contributed by atoms with Crippen LogP contribution in [0.25, 0.3) is 0 Å². The van der Waals surface area contributed by atoms with E-state index in [-0.39, 0.29) is 12.0 Å². The van der Waals surface area contributed by atoms with Crippen LogP contribution in [-0.4, -0.2) is 48.5 Å². The molecule has 166 valence electrons. The summed E-state index contributed by atoms with van der Waals surface area (Å²) in [7, 11) is 1.89. The van der Waals surface area contributed by atoms with E-state index >= 15 is 0 Å². The van der Waals surface area contributed by atoms with Crippen molar-refractivity contribution < 1.29 is 9.53 Å². The summed E-state index contributed by atoms with van der Waals surface area (Å²) in [4.78, 5) is 17.0. The van der Waals surface area contributed by atoms with Crippen molar-refractivity contribution in [2.45, 2.75) is 52.2 Å². The number of halogens is 1. The van der Waals surface area contributed by atoms with Gasteiger partial charge in [0.1, 0.15) is 5.75 Å². The number of carbonyl (C=O) groups excluding carboxylic acids is 1. The highest BCUT2D eigenvalue weighted by atomic mass is 35.5. The second-order valence-corrected chi connectivity index (χ2v) is 9.71. The second-order valence-electron chi connectivity index (χ2n) is 9.30. The van der Waals surface area contributed by atoms with E-state index in [1.54, 1.807) is 0 Å². The first-order chi connectivity index (χ1) is 14.9. The molecule has 0 bridgehead atoms. The number of amides is 1. The maximum atomic E-state index is 12.7. The van der Waals surface area contributed by atoms with Gasteiger partial charge in [-0.2, -0.15) is 0 Å². The van der Waals surface area contributed by atoms with Crippen LogP contribution in [-0.2, 0) is 6.54 Å². The van der Waals surface area contributed by atoms with E-state index in [1.807, 2.05) is 49.2 Å². The fourth-order valence-corrected chi connectivity index (χ4v) is 4.82. The molecule has 0 spiro atoms. The summed E-state index contributed by atoms with van der Waals surface area (Å²) < 4.78 is 6.14. The maximum absolute atomic E-state index is 12.7. The zero-order valence-corrected chi connectivity index (χ0v) is 19.6. The molecule has 1 saturated heterocycles. The Kier molecular flexibility index (Phi) is 6.88. The summed E-state index contributed by atoms with van der Waals surface area (Å²) in [6.45, 7) is 8.13. The van der Waals surface area contributed by atoms with Gasteiger partial charge < -0.3 is 9.64 Å². The Morgan fingerprint density at radius 1 is 1.10 bits per heavy atom. The number of carbonyl (C=O) groups is 1. The smallest absolute Gasteiger partial charge is 0.253 e. The molecule has 0 radical (unpaired) electrons. The molecule has 2 fully saturated rings. The maximum Gasteiger partial charge on any atom is 0.253 e. The first-order valence-corrected chi connectivity index (χ1v) is 11.8. The van der Waals surface area contributed by atoms with Crippen molar-refractivity contribution in [1.29, 1.82) is 0 Å². The molecule has 2 aliphatic rings. The summed E-state index contributed by atoms with van der Waals surface area (Å²) in [5, 5.41) is 0.791. The molecule has 4 nitrogen and oxygen atoms in total. The lowest BCUT2D eigenvalue weighted by Crippen LogP contribution is -2.41. The van der Waals surface area contributed by atoms with Crippen molar-refractivity contribution in [1.82, 2.24) is 9.80 Å². The normalized spacial score (nSPS) is 21.0. The highest BCUT2D eigenvalue weighted by molar-refractivity contribution is 6.31. The molecule has 1 saturated carbocycles. The first kappa shape index (κ1) is 22.2. The fourth-order valence-electron chi connectivity index (χ4n) is 4.59. The molecule has 5 heteroatoms. The molecule has 0 aromatic heterocycles. The average Bonchev–Trinajstić information content (AvgIpc) is 3.23. The highest BCUT2D eigenvalue weighted by Gasteiger charge is 2.32. The van der Waals surface area contributed by atoms with E-state index in [4.69, 9.17) is 16.3 Å². The van der Waals surface area contributed by atoms with Crippen LogP contribution in [0.5, 0.6) is 5.75 Å². The van der Waals surface area contributed by atoms with Gasteiger partial charge in [0.15, 0.2) is 0 Å².